The second-order valence-corrected chi connectivity index (χ2v) is 1.57. The van der Waals surface area contributed by atoms with Gasteiger partial charge in [0.2, 0.25) is 0 Å². The van der Waals surface area contributed by atoms with Crippen molar-refractivity contribution >= 4 is 27.0 Å². The molecular formula is C5H11N3S2. The van der Waals surface area contributed by atoms with Crippen LogP contribution >= 0.6 is 27.0 Å². The molecule has 0 amide bonds. The quantitative estimate of drug-likeness (QED) is 0.622. The summed E-state index contributed by atoms with van der Waals surface area (Å²) in [4.78, 5) is 0. The van der Waals surface area contributed by atoms with E-state index in [1.165, 1.54) is 0 Å². The third kappa shape index (κ3) is 5.77. The summed E-state index contributed by atoms with van der Waals surface area (Å²) in [5.74, 6) is -0.361. The largest absolute Gasteiger partial charge is 0.315 e. The first-order chi connectivity index (χ1) is 3.72. The van der Waals surface area contributed by atoms with Crippen LogP contribution in [-0.2, 0) is 0 Å². The molecule has 0 aromatic heterocycles. The molecule has 0 saturated heterocycles. The van der Waals surface area contributed by atoms with Crippen molar-refractivity contribution in [1.29, 1.82) is 10.5 Å². The van der Waals surface area contributed by atoms with Gasteiger partial charge in [-0.1, -0.05) is 0 Å². The van der Waals surface area contributed by atoms with Gasteiger partial charge in [0, 0.05) is 0 Å². The van der Waals surface area contributed by atoms with E-state index in [2.05, 4.69) is 0 Å². The SMILES string of the molecule is C[C@H](C#N)[C@@H](N)C#N.S.S. The Morgan fingerprint density at radius 2 is 1.60 bits per heavy atom. The maximum absolute atomic E-state index is 8.16. The van der Waals surface area contributed by atoms with Gasteiger partial charge in [-0.3, -0.25) is 0 Å². The van der Waals surface area contributed by atoms with Gasteiger partial charge in [-0.2, -0.15) is 37.5 Å². The Kier molecular flexibility index (Phi) is 14.1. The van der Waals surface area contributed by atoms with Crippen molar-refractivity contribution in [1.82, 2.24) is 0 Å². The minimum atomic E-state index is -0.639. The molecule has 0 fully saturated rings. The number of nitriles is 2. The Labute approximate surface area is 74.7 Å². The maximum atomic E-state index is 8.16. The Balaban J connectivity index is -0.000000245. The highest BCUT2D eigenvalue weighted by molar-refractivity contribution is 7.59. The zero-order chi connectivity index (χ0) is 6.57. The van der Waals surface area contributed by atoms with E-state index in [0.29, 0.717) is 0 Å². The van der Waals surface area contributed by atoms with E-state index in [1.54, 1.807) is 13.0 Å². The molecule has 0 spiro atoms. The van der Waals surface area contributed by atoms with Crippen LogP contribution in [-0.4, -0.2) is 6.04 Å². The fourth-order valence-corrected chi connectivity index (χ4v) is 0.192. The van der Waals surface area contributed by atoms with Crippen LogP contribution in [0.4, 0.5) is 0 Å². The number of nitrogens with zero attached hydrogens (tertiary/aromatic N) is 2. The second-order valence-electron chi connectivity index (χ2n) is 1.57. The number of rotatable bonds is 1. The van der Waals surface area contributed by atoms with Crippen molar-refractivity contribution in [3.8, 4) is 12.1 Å². The van der Waals surface area contributed by atoms with Gasteiger partial charge in [0.05, 0.1) is 18.1 Å². The summed E-state index contributed by atoms with van der Waals surface area (Å²) in [5.41, 5.74) is 5.14. The van der Waals surface area contributed by atoms with Crippen LogP contribution in [0.15, 0.2) is 0 Å². The summed E-state index contributed by atoms with van der Waals surface area (Å²) in [6, 6.07) is 3.00. The van der Waals surface area contributed by atoms with E-state index in [-0.39, 0.29) is 32.9 Å². The molecule has 0 aliphatic heterocycles. The average Bonchev–Trinajstić information content (AvgIpc) is 1.84. The Hall–Kier alpha value is -0.360. The van der Waals surface area contributed by atoms with Gasteiger partial charge >= 0.3 is 0 Å². The summed E-state index contributed by atoms with van der Waals surface area (Å²) in [5, 5.41) is 16.3. The molecule has 58 valence electrons. The zero-order valence-corrected chi connectivity index (χ0v) is 7.63. The fraction of sp³-hybridized carbons (Fsp3) is 0.600. The highest BCUT2D eigenvalue weighted by Gasteiger charge is 2.08. The van der Waals surface area contributed by atoms with Gasteiger partial charge in [0.1, 0.15) is 6.04 Å². The van der Waals surface area contributed by atoms with Crippen LogP contribution < -0.4 is 5.73 Å². The summed E-state index contributed by atoms with van der Waals surface area (Å²) >= 11 is 0. The average molecular weight is 177 g/mol. The molecule has 0 aliphatic rings. The van der Waals surface area contributed by atoms with Crippen LogP contribution in [0.25, 0.3) is 0 Å². The van der Waals surface area contributed by atoms with E-state index in [9.17, 15) is 0 Å². The Morgan fingerprint density at radius 3 is 1.70 bits per heavy atom. The minimum absolute atomic E-state index is 0. The summed E-state index contributed by atoms with van der Waals surface area (Å²) in [7, 11) is 0. The molecule has 2 atom stereocenters. The topological polar surface area (TPSA) is 73.6 Å². The van der Waals surface area contributed by atoms with Crippen molar-refractivity contribution < 1.29 is 0 Å². The molecule has 3 nitrogen and oxygen atoms in total. The van der Waals surface area contributed by atoms with Crippen LogP contribution in [0.3, 0.4) is 0 Å². The normalized spacial score (nSPS) is 12.4. The lowest BCUT2D eigenvalue weighted by molar-refractivity contribution is 0.654. The van der Waals surface area contributed by atoms with Gasteiger partial charge in [-0.15, -0.1) is 0 Å². The maximum Gasteiger partial charge on any atom is 0.108 e. The first-order valence-electron chi connectivity index (χ1n) is 2.27. The van der Waals surface area contributed by atoms with Crippen LogP contribution in [0.1, 0.15) is 6.92 Å². The molecule has 0 saturated carbocycles. The van der Waals surface area contributed by atoms with Crippen molar-refractivity contribution in [3.05, 3.63) is 0 Å². The highest BCUT2D eigenvalue weighted by atomic mass is 32.1. The lowest BCUT2D eigenvalue weighted by atomic mass is 10.1. The van der Waals surface area contributed by atoms with Gasteiger partial charge in [-0.05, 0) is 6.92 Å². The minimum Gasteiger partial charge on any atom is -0.315 e. The van der Waals surface area contributed by atoms with E-state index in [4.69, 9.17) is 16.3 Å². The number of hydrogen-bond donors (Lipinski definition) is 1. The van der Waals surface area contributed by atoms with Crippen LogP contribution in [0.2, 0.25) is 0 Å². The summed E-state index contributed by atoms with van der Waals surface area (Å²) in [6.07, 6.45) is 0. The molecule has 0 radical (unpaired) electrons. The predicted molar refractivity (Wildman–Crippen MR) is 49.1 cm³/mol. The van der Waals surface area contributed by atoms with Crippen molar-refractivity contribution in [3.63, 3.8) is 0 Å². The van der Waals surface area contributed by atoms with Crippen molar-refractivity contribution in [2.24, 2.45) is 11.7 Å². The van der Waals surface area contributed by atoms with Gasteiger partial charge in [-0.25, -0.2) is 0 Å². The van der Waals surface area contributed by atoms with Crippen LogP contribution in [0.5, 0.6) is 0 Å². The molecule has 0 aliphatic carbocycles. The van der Waals surface area contributed by atoms with Crippen molar-refractivity contribution in [2.75, 3.05) is 0 Å². The van der Waals surface area contributed by atoms with Crippen LogP contribution in [0, 0.1) is 28.6 Å². The molecule has 0 bridgehead atoms. The third-order valence-electron chi connectivity index (χ3n) is 0.891. The van der Waals surface area contributed by atoms with Crippen molar-refractivity contribution in [2.45, 2.75) is 13.0 Å². The third-order valence-corrected chi connectivity index (χ3v) is 0.891. The zero-order valence-electron chi connectivity index (χ0n) is 5.63. The lowest BCUT2D eigenvalue weighted by Crippen LogP contribution is -2.24. The first-order valence-corrected chi connectivity index (χ1v) is 2.27. The molecule has 2 N–H and O–H groups in total. The fourth-order valence-electron chi connectivity index (χ4n) is 0.192. The highest BCUT2D eigenvalue weighted by Crippen LogP contribution is 1.94. The van der Waals surface area contributed by atoms with E-state index >= 15 is 0 Å². The molecule has 0 unspecified atom stereocenters. The lowest BCUT2D eigenvalue weighted by Gasteiger charge is -1.99. The van der Waals surface area contributed by atoms with Gasteiger partial charge < -0.3 is 5.73 Å². The molecular weight excluding hydrogens is 166 g/mol. The number of hydrogen-bond acceptors (Lipinski definition) is 3. The van der Waals surface area contributed by atoms with E-state index < -0.39 is 6.04 Å². The summed E-state index contributed by atoms with van der Waals surface area (Å²) < 4.78 is 0. The van der Waals surface area contributed by atoms with E-state index in [0.717, 1.165) is 0 Å². The molecule has 5 heteroatoms. The predicted octanol–water partition coefficient (Wildman–Crippen LogP) is 0.223. The smallest absolute Gasteiger partial charge is 0.108 e. The number of nitrogens with two attached hydrogens (primary N) is 1. The standard InChI is InChI=1S/C5H7N3.2H2S/c1-4(2-6)5(8)3-7;;/h4-5H,8H2,1H3;2*1H2/t4-,5+;;/m1../s1. The van der Waals surface area contributed by atoms with Gasteiger partial charge in [0.15, 0.2) is 0 Å². The second kappa shape index (κ2) is 8.64. The van der Waals surface area contributed by atoms with Gasteiger partial charge in [0.25, 0.3) is 0 Å². The Bertz CT molecular complexity index is 128. The van der Waals surface area contributed by atoms with E-state index in [1.807, 2.05) is 6.07 Å². The Morgan fingerprint density at radius 1 is 1.20 bits per heavy atom. The molecule has 0 rings (SSSR count). The molecule has 0 heterocycles. The molecule has 10 heavy (non-hydrogen) atoms. The molecule has 0 aromatic rings. The summed E-state index contributed by atoms with van der Waals surface area (Å²) in [6.45, 7) is 1.62. The molecule has 0 aromatic carbocycles. The first kappa shape index (κ1) is 16.3. The monoisotopic (exact) mass is 177 g/mol.